The fourth-order valence-electron chi connectivity index (χ4n) is 2.53. The average Bonchev–Trinajstić information content (AvgIpc) is 2.48. The van der Waals surface area contributed by atoms with Crippen LogP contribution in [0.1, 0.15) is 31.2 Å². The van der Waals surface area contributed by atoms with Crippen molar-refractivity contribution in [2.45, 2.75) is 30.6 Å². The molecule has 100 valence electrons. The van der Waals surface area contributed by atoms with Crippen LogP contribution in [0.15, 0.2) is 47.1 Å². The summed E-state index contributed by atoms with van der Waals surface area (Å²) in [7, 11) is 0. The second kappa shape index (κ2) is 6.20. The molecule has 3 rings (SSSR count). The summed E-state index contributed by atoms with van der Waals surface area (Å²) in [6.45, 7) is 2.45. The first-order valence-electron chi connectivity index (χ1n) is 7.05. The molecule has 1 saturated heterocycles. The van der Waals surface area contributed by atoms with Crippen LogP contribution in [-0.4, -0.2) is 18.0 Å². The first-order chi connectivity index (χ1) is 9.42. The van der Waals surface area contributed by atoms with E-state index in [4.69, 9.17) is 0 Å². The summed E-state index contributed by atoms with van der Waals surface area (Å²) < 4.78 is 3.42. The molecule has 0 spiro atoms. The predicted octanol–water partition coefficient (Wildman–Crippen LogP) is 4.03. The topological polar surface area (TPSA) is 15.3 Å². The molecule has 2 aliphatic rings. The van der Waals surface area contributed by atoms with E-state index in [1.807, 2.05) is 0 Å². The van der Waals surface area contributed by atoms with E-state index in [0.717, 1.165) is 6.42 Å². The summed E-state index contributed by atoms with van der Waals surface area (Å²) >= 11 is 1.72. The second-order valence-electron chi connectivity index (χ2n) is 5.10. The van der Waals surface area contributed by atoms with Crippen molar-refractivity contribution in [1.29, 1.82) is 0 Å². The maximum atomic E-state index is 3.42. The van der Waals surface area contributed by atoms with Crippen LogP contribution < -0.4 is 4.72 Å². The van der Waals surface area contributed by atoms with Crippen LogP contribution in [0.5, 0.6) is 0 Å². The van der Waals surface area contributed by atoms with E-state index in [1.165, 1.54) is 48.5 Å². The Morgan fingerprint density at radius 3 is 2.89 bits per heavy atom. The molecule has 2 heterocycles. The van der Waals surface area contributed by atoms with Gasteiger partial charge in [0.2, 0.25) is 0 Å². The van der Waals surface area contributed by atoms with Gasteiger partial charge in [-0.1, -0.05) is 24.3 Å². The molecule has 0 atom stereocenters. The fourth-order valence-corrected chi connectivity index (χ4v) is 3.30. The lowest BCUT2D eigenvalue weighted by Crippen LogP contribution is -2.24. The van der Waals surface area contributed by atoms with Crippen LogP contribution in [0.3, 0.4) is 0 Å². The normalized spacial score (nSPS) is 18.9. The zero-order chi connectivity index (χ0) is 12.9. The van der Waals surface area contributed by atoms with Crippen LogP contribution in [-0.2, 0) is 0 Å². The van der Waals surface area contributed by atoms with Gasteiger partial charge in [-0.15, -0.1) is 0 Å². The Kier molecular flexibility index (Phi) is 4.13. The highest BCUT2D eigenvalue weighted by Crippen LogP contribution is 2.28. The number of hydrogen-bond donors (Lipinski definition) is 1. The van der Waals surface area contributed by atoms with E-state index in [1.54, 1.807) is 11.9 Å². The second-order valence-corrected chi connectivity index (χ2v) is 5.95. The Hall–Kier alpha value is -1.35. The van der Waals surface area contributed by atoms with Crippen LogP contribution in [0.2, 0.25) is 0 Å². The third-order valence-electron chi connectivity index (χ3n) is 3.59. The van der Waals surface area contributed by atoms with Crippen molar-refractivity contribution in [2.75, 3.05) is 13.1 Å². The van der Waals surface area contributed by atoms with Gasteiger partial charge in [-0.05, 0) is 55.1 Å². The van der Waals surface area contributed by atoms with Crippen LogP contribution in [0.25, 0.3) is 6.08 Å². The lowest BCUT2D eigenvalue weighted by molar-refractivity contribution is 0.309. The van der Waals surface area contributed by atoms with Crippen molar-refractivity contribution in [3.05, 3.63) is 47.8 Å². The highest BCUT2D eigenvalue weighted by molar-refractivity contribution is 7.97. The zero-order valence-corrected chi connectivity index (χ0v) is 12.0. The molecule has 19 heavy (non-hydrogen) atoms. The summed E-state index contributed by atoms with van der Waals surface area (Å²) in [5.74, 6) is 0. The maximum Gasteiger partial charge on any atom is 0.0357 e. The van der Waals surface area contributed by atoms with Crippen molar-refractivity contribution in [2.24, 2.45) is 0 Å². The quantitative estimate of drug-likeness (QED) is 0.836. The molecule has 0 radical (unpaired) electrons. The summed E-state index contributed by atoms with van der Waals surface area (Å²) in [5.41, 5.74) is 2.62. The Labute approximate surface area is 119 Å². The minimum Gasteiger partial charge on any atom is -0.378 e. The molecule has 1 aromatic rings. The molecule has 1 N–H and O–H groups in total. The van der Waals surface area contributed by atoms with E-state index in [2.05, 4.69) is 52.2 Å². The molecular weight excluding hydrogens is 252 g/mol. The number of fused-ring (bicyclic) bond motifs is 1. The third kappa shape index (κ3) is 3.35. The smallest absolute Gasteiger partial charge is 0.0357 e. The first kappa shape index (κ1) is 12.7. The molecule has 3 heteroatoms. The van der Waals surface area contributed by atoms with Crippen LogP contribution >= 0.6 is 11.9 Å². The van der Waals surface area contributed by atoms with Crippen molar-refractivity contribution in [1.82, 2.24) is 9.62 Å². The summed E-state index contributed by atoms with van der Waals surface area (Å²) in [4.78, 5) is 3.75. The van der Waals surface area contributed by atoms with Gasteiger partial charge in [0.15, 0.2) is 0 Å². The number of hydrogen-bond acceptors (Lipinski definition) is 3. The Bertz CT molecular complexity index is 487. The van der Waals surface area contributed by atoms with Gasteiger partial charge in [0, 0.05) is 30.1 Å². The lowest BCUT2D eigenvalue weighted by Gasteiger charge is -2.25. The summed E-state index contributed by atoms with van der Waals surface area (Å²) in [5, 5.41) is 0. The SMILES string of the molecule is C(=CN1CCCCC1)CC1=Cc2ccccc2SN1. The number of nitrogens with one attached hydrogen (secondary N) is 1. The van der Waals surface area contributed by atoms with E-state index in [0.29, 0.717) is 0 Å². The van der Waals surface area contributed by atoms with Crippen molar-refractivity contribution in [3.8, 4) is 0 Å². The Morgan fingerprint density at radius 2 is 2.00 bits per heavy atom. The highest BCUT2D eigenvalue weighted by Gasteiger charge is 2.09. The van der Waals surface area contributed by atoms with Gasteiger partial charge >= 0.3 is 0 Å². The number of piperidine rings is 1. The molecule has 0 aliphatic carbocycles. The molecule has 0 bridgehead atoms. The van der Waals surface area contributed by atoms with Gasteiger partial charge < -0.3 is 9.62 Å². The first-order valence-corrected chi connectivity index (χ1v) is 7.87. The lowest BCUT2D eigenvalue weighted by atomic mass is 10.1. The van der Waals surface area contributed by atoms with Gasteiger partial charge in [0.1, 0.15) is 0 Å². The van der Waals surface area contributed by atoms with E-state index < -0.39 is 0 Å². The molecule has 0 aromatic heterocycles. The minimum atomic E-state index is 0.984. The minimum absolute atomic E-state index is 0.984. The van der Waals surface area contributed by atoms with Crippen molar-refractivity contribution < 1.29 is 0 Å². The van der Waals surface area contributed by atoms with Gasteiger partial charge in [0.05, 0.1) is 0 Å². The summed E-state index contributed by atoms with van der Waals surface area (Å²) in [6, 6.07) is 8.52. The number of benzene rings is 1. The molecular formula is C16H20N2S. The Balaban J connectivity index is 1.59. The molecule has 0 unspecified atom stereocenters. The van der Waals surface area contributed by atoms with Crippen molar-refractivity contribution in [3.63, 3.8) is 0 Å². The molecule has 0 amide bonds. The standard InChI is InChI=1S/C16H20N2S/c1-4-10-18(11-5-1)12-6-8-15-13-14-7-2-3-9-16(14)19-17-15/h2-3,6-7,9,12-13,17H,1,4-5,8,10-11H2. The third-order valence-corrected chi connectivity index (χ3v) is 4.54. The monoisotopic (exact) mass is 272 g/mol. The van der Waals surface area contributed by atoms with E-state index >= 15 is 0 Å². The fraction of sp³-hybridized carbons (Fsp3) is 0.375. The largest absolute Gasteiger partial charge is 0.378 e. The molecule has 0 saturated carbocycles. The number of nitrogens with zero attached hydrogens (tertiary/aromatic N) is 1. The van der Waals surface area contributed by atoms with Gasteiger partial charge in [-0.3, -0.25) is 0 Å². The van der Waals surface area contributed by atoms with Crippen molar-refractivity contribution >= 4 is 18.0 Å². The predicted molar refractivity (Wildman–Crippen MR) is 82.6 cm³/mol. The van der Waals surface area contributed by atoms with Gasteiger partial charge in [-0.2, -0.15) is 0 Å². The van der Waals surface area contributed by atoms with E-state index in [9.17, 15) is 0 Å². The van der Waals surface area contributed by atoms with Gasteiger partial charge in [-0.25, -0.2) is 0 Å². The molecule has 1 fully saturated rings. The zero-order valence-electron chi connectivity index (χ0n) is 11.1. The number of allylic oxidation sites excluding steroid dienone is 1. The van der Waals surface area contributed by atoms with Gasteiger partial charge in [0.25, 0.3) is 0 Å². The van der Waals surface area contributed by atoms with Crippen LogP contribution in [0.4, 0.5) is 0 Å². The number of likely N-dealkylation sites (tertiary alicyclic amines) is 1. The summed E-state index contributed by atoms with van der Waals surface area (Å²) in [6.07, 6.45) is 11.9. The molecule has 2 nitrogen and oxygen atoms in total. The Morgan fingerprint density at radius 1 is 1.16 bits per heavy atom. The van der Waals surface area contributed by atoms with E-state index in [-0.39, 0.29) is 0 Å². The molecule has 1 aromatic carbocycles. The number of rotatable bonds is 3. The highest BCUT2D eigenvalue weighted by atomic mass is 32.2. The average molecular weight is 272 g/mol. The maximum absolute atomic E-state index is 3.42. The van der Waals surface area contributed by atoms with Crippen LogP contribution in [0, 0.1) is 0 Å². The molecule has 2 aliphatic heterocycles.